The minimum Gasteiger partial charge on any atom is -0.319 e. The van der Waals surface area contributed by atoms with Crippen LogP contribution in [0.2, 0.25) is 0 Å². The first-order valence-corrected chi connectivity index (χ1v) is 7.52. The van der Waals surface area contributed by atoms with Gasteiger partial charge >= 0.3 is 0 Å². The number of anilines is 1. The number of rotatable bonds is 6. The molecule has 24 heavy (non-hydrogen) atoms. The summed E-state index contributed by atoms with van der Waals surface area (Å²) in [5.74, 6) is -1.22. The number of aryl methyl sites for hydroxylation is 3. The number of nitro groups is 1. The number of Topliss-reactive ketones (excluding diaryl/α,β-unsaturated/α-hetero) is 1. The van der Waals surface area contributed by atoms with Crippen molar-refractivity contribution in [3.8, 4) is 0 Å². The van der Waals surface area contributed by atoms with Crippen molar-refractivity contribution < 1.29 is 14.5 Å². The summed E-state index contributed by atoms with van der Waals surface area (Å²) in [6.45, 7) is 3.31. The quantitative estimate of drug-likeness (QED) is 0.501. The van der Waals surface area contributed by atoms with Crippen LogP contribution in [0.25, 0.3) is 0 Å². The van der Waals surface area contributed by atoms with Crippen LogP contribution in [0.4, 0.5) is 11.4 Å². The molecule has 0 aliphatic heterocycles. The van der Waals surface area contributed by atoms with Gasteiger partial charge in [-0.05, 0) is 37.0 Å². The number of carbonyl (C=O) groups excluding carboxylic acids is 2. The fraction of sp³-hybridized carbons (Fsp3) is 0.222. The normalized spacial score (nSPS) is 10.2. The van der Waals surface area contributed by atoms with Gasteiger partial charge in [0.1, 0.15) is 0 Å². The van der Waals surface area contributed by atoms with Gasteiger partial charge in [0.25, 0.3) is 11.6 Å². The Morgan fingerprint density at radius 2 is 1.67 bits per heavy atom. The summed E-state index contributed by atoms with van der Waals surface area (Å²) in [6, 6.07) is 12.2. The van der Waals surface area contributed by atoms with Gasteiger partial charge in [-0.2, -0.15) is 0 Å². The second-order valence-electron chi connectivity index (χ2n) is 5.57. The molecule has 0 heterocycles. The van der Waals surface area contributed by atoms with Crippen LogP contribution < -0.4 is 5.32 Å². The highest BCUT2D eigenvalue weighted by Crippen LogP contribution is 2.26. The number of nitrogens with zero attached hydrogens (tertiary/aromatic N) is 1. The molecule has 2 aromatic rings. The van der Waals surface area contributed by atoms with Crippen molar-refractivity contribution in [2.24, 2.45) is 0 Å². The lowest BCUT2D eigenvalue weighted by molar-refractivity contribution is -0.384. The summed E-state index contributed by atoms with van der Waals surface area (Å²) in [5.41, 5.74) is 2.48. The van der Waals surface area contributed by atoms with Gasteiger partial charge in [0.05, 0.1) is 4.92 Å². The number of nitro benzene ring substituents is 1. The summed E-state index contributed by atoms with van der Waals surface area (Å²) < 4.78 is 0. The second-order valence-corrected chi connectivity index (χ2v) is 5.57. The Labute approximate surface area is 139 Å². The first kappa shape index (κ1) is 17.3. The average Bonchev–Trinajstić information content (AvgIpc) is 2.56. The SMILES string of the molecule is Cc1cc([N+](=O)[O-])cc(C)c1NC(=O)C(=O)CCc1ccccc1. The number of hydrogen-bond donors (Lipinski definition) is 1. The lowest BCUT2D eigenvalue weighted by Crippen LogP contribution is -2.24. The van der Waals surface area contributed by atoms with Gasteiger partial charge in [-0.25, -0.2) is 0 Å². The largest absolute Gasteiger partial charge is 0.319 e. The number of non-ortho nitro benzene ring substituents is 1. The molecular weight excluding hydrogens is 308 g/mol. The molecule has 6 heteroatoms. The molecule has 6 nitrogen and oxygen atoms in total. The molecule has 1 amide bonds. The number of nitrogens with one attached hydrogen (secondary N) is 1. The Morgan fingerprint density at radius 3 is 2.21 bits per heavy atom. The summed E-state index contributed by atoms with van der Waals surface area (Å²) >= 11 is 0. The predicted molar refractivity (Wildman–Crippen MR) is 91.0 cm³/mol. The predicted octanol–water partition coefficient (Wildman–Crippen LogP) is 3.35. The molecule has 0 spiro atoms. The zero-order chi connectivity index (χ0) is 17.7. The lowest BCUT2D eigenvalue weighted by Gasteiger charge is -2.11. The van der Waals surface area contributed by atoms with Crippen molar-refractivity contribution in [2.75, 3.05) is 5.32 Å². The van der Waals surface area contributed by atoms with E-state index in [4.69, 9.17) is 0 Å². The maximum absolute atomic E-state index is 12.1. The number of amides is 1. The summed E-state index contributed by atoms with van der Waals surface area (Å²) in [7, 11) is 0. The molecule has 0 bridgehead atoms. The Morgan fingerprint density at radius 1 is 1.08 bits per heavy atom. The van der Waals surface area contributed by atoms with E-state index in [0.29, 0.717) is 23.2 Å². The van der Waals surface area contributed by atoms with Crippen LogP contribution in [-0.4, -0.2) is 16.6 Å². The molecular formula is C18H18N2O4. The first-order valence-electron chi connectivity index (χ1n) is 7.52. The molecule has 0 aromatic heterocycles. The fourth-order valence-corrected chi connectivity index (χ4v) is 2.44. The number of hydrogen-bond acceptors (Lipinski definition) is 4. The van der Waals surface area contributed by atoms with Gasteiger partial charge in [-0.15, -0.1) is 0 Å². The summed E-state index contributed by atoms with van der Waals surface area (Å²) in [6.07, 6.45) is 0.603. The molecule has 0 unspecified atom stereocenters. The van der Waals surface area contributed by atoms with Crippen LogP contribution in [0, 0.1) is 24.0 Å². The molecule has 0 atom stereocenters. The smallest absolute Gasteiger partial charge is 0.291 e. The highest BCUT2D eigenvalue weighted by Gasteiger charge is 2.18. The van der Waals surface area contributed by atoms with E-state index < -0.39 is 16.6 Å². The Hall–Kier alpha value is -3.02. The molecule has 0 fully saturated rings. The number of ketones is 1. The fourth-order valence-electron chi connectivity index (χ4n) is 2.44. The van der Waals surface area contributed by atoms with Crippen LogP contribution in [0.5, 0.6) is 0 Å². The minimum absolute atomic E-state index is 0.0431. The maximum Gasteiger partial charge on any atom is 0.291 e. The molecule has 1 N–H and O–H groups in total. The van der Waals surface area contributed by atoms with Crippen LogP contribution in [0.3, 0.4) is 0 Å². The first-order chi connectivity index (χ1) is 11.4. The van der Waals surface area contributed by atoms with E-state index in [-0.39, 0.29) is 12.1 Å². The third-order valence-electron chi connectivity index (χ3n) is 3.70. The van der Waals surface area contributed by atoms with Crippen molar-refractivity contribution in [1.29, 1.82) is 0 Å². The maximum atomic E-state index is 12.1. The van der Waals surface area contributed by atoms with Crippen LogP contribution in [-0.2, 0) is 16.0 Å². The van der Waals surface area contributed by atoms with Gasteiger partial charge in [-0.1, -0.05) is 30.3 Å². The molecule has 2 rings (SSSR count). The zero-order valence-electron chi connectivity index (χ0n) is 13.5. The van der Waals surface area contributed by atoms with E-state index in [1.54, 1.807) is 13.8 Å². The van der Waals surface area contributed by atoms with Crippen molar-refractivity contribution in [3.05, 3.63) is 69.3 Å². The minimum atomic E-state index is -0.703. The van der Waals surface area contributed by atoms with Crippen LogP contribution in [0.15, 0.2) is 42.5 Å². The lowest BCUT2D eigenvalue weighted by atomic mass is 10.1. The molecule has 0 saturated heterocycles. The standard InChI is InChI=1S/C18H18N2O4/c1-12-10-15(20(23)24)11-13(2)17(12)19-18(22)16(21)9-8-14-6-4-3-5-7-14/h3-7,10-11H,8-9H2,1-2H3,(H,19,22). The summed E-state index contributed by atoms with van der Waals surface area (Å²) in [5, 5.41) is 13.4. The Bertz CT molecular complexity index is 762. The number of carbonyl (C=O) groups is 2. The van der Waals surface area contributed by atoms with Crippen molar-refractivity contribution in [1.82, 2.24) is 0 Å². The third-order valence-corrected chi connectivity index (χ3v) is 3.70. The van der Waals surface area contributed by atoms with Gasteiger partial charge < -0.3 is 5.32 Å². The highest BCUT2D eigenvalue weighted by molar-refractivity contribution is 6.40. The molecule has 0 radical (unpaired) electrons. The van der Waals surface area contributed by atoms with Crippen molar-refractivity contribution >= 4 is 23.1 Å². The average molecular weight is 326 g/mol. The summed E-state index contributed by atoms with van der Waals surface area (Å²) in [4.78, 5) is 34.4. The van der Waals surface area contributed by atoms with E-state index in [1.807, 2.05) is 30.3 Å². The molecule has 2 aromatic carbocycles. The second kappa shape index (κ2) is 7.50. The third kappa shape index (κ3) is 4.25. The molecule has 0 aliphatic rings. The van der Waals surface area contributed by atoms with Gasteiger partial charge in [-0.3, -0.25) is 19.7 Å². The molecule has 124 valence electrons. The van der Waals surface area contributed by atoms with Crippen molar-refractivity contribution in [2.45, 2.75) is 26.7 Å². The molecule has 0 saturated carbocycles. The van der Waals surface area contributed by atoms with Crippen LogP contribution >= 0.6 is 0 Å². The van der Waals surface area contributed by atoms with E-state index >= 15 is 0 Å². The monoisotopic (exact) mass is 326 g/mol. The van der Waals surface area contributed by atoms with E-state index in [0.717, 1.165) is 5.56 Å². The molecule has 0 aliphatic carbocycles. The van der Waals surface area contributed by atoms with Gasteiger partial charge in [0.15, 0.2) is 0 Å². The Balaban J connectivity index is 2.04. The van der Waals surface area contributed by atoms with E-state index in [1.165, 1.54) is 12.1 Å². The topological polar surface area (TPSA) is 89.3 Å². The van der Waals surface area contributed by atoms with E-state index in [9.17, 15) is 19.7 Å². The van der Waals surface area contributed by atoms with E-state index in [2.05, 4.69) is 5.32 Å². The van der Waals surface area contributed by atoms with Crippen molar-refractivity contribution in [3.63, 3.8) is 0 Å². The zero-order valence-corrected chi connectivity index (χ0v) is 13.5. The van der Waals surface area contributed by atoms with Gasteiger partial charge in [0.2, 0.25) is 5.78 Å². The number of benzene rings is 2. The highest BCUT2D eigenvalue weighted by atomic mass is 16.6. The van der Waals surface area contributed by atoms with Gasteiger partial charge in [0, 0.05) is 24.2 Å². The Kier molecular flexibility index (Phi) is 5.42. The van der Waals surface area contributed by atoms with Crippen LogP contribution in [0.1, 0.15) is 23.1 Å².